The summed E-state index contributed by atoms with van der Waals surface area (Å²) in [6.45, 7) is -0.699. The van der Waals surface area contributed by atoms with Gasteiger partial charge in [-0.25, -0.2) is 22.9 Å². The zero-order valence-electron chi connectivity index (χ0n) is 20.4. The van der Waals surface area contributed by atoms with E-state index in [9.17, 15) is 22.8 Å². The molecular formula is C26H16Cl2F3N7O2. The lowest BCUT2D eigenvalue weighted by atomic mass is 10.0. The molecule has 3 heterocycles. The molecule has 0 bridgehead atoms. The van der Waals surface area contributed by atoms with Gasteiger partial charge in [-0.1, -0.05) is 23.2 Å². The van der Waals surface area contributed by atoms with Crippen molar-refractivity contribution in [1.82, 2.24) is 34.1 Å². The highest BCUT2D eigenvalue weighted by atomic mass is 35.5. The van der Waals surface area contributed by atoms with E-state index in [-0.39, 0.29) is 33.9 Å². The highest BCUT2D eigenvalue weighted by Crippen LogP contribution is 2.35. The van der Waals surface area contributed by atoms with E-state index >= 15 is 0 Å². The molecule has 1 N–H and O–H groups in total. The van der Waals surface area contributed by atoms with E-state index in [2.05, 4.69) is 20.3 Å². The second kappa shape index (κ2) is 9.65. The van der Waals surface area contributed by atoms with Gasteiger partial charge in [-0.15, -0.1) is 0 Å². The van der Waals surface area contributed by atoms with E-state index < -0.39 is 35.2 Å². The Balaban J connectivity index is 1.63. The van der Waals surface area contributed by atoms with E-state index in [1.807, 2.05) is 0 Å². The molecule has 0 aliphatic rings. The van der Waals surface area contributed by atoms with Crippen molar-refractivity contribution in [3.63, 3.8) is 0 Å². The highest BCUT2D eigenvalue weighted by Gasteiger charge is 2.21. The van der Waals surface area contributed by atoms with Gasteiger partial charge in [-0.2, -0.15) is 10.2 Å². The Morgan fingerprint density at radius 3 is 2.38 bits per heavy atom. The van der Waals surface area contributed by atoms with Gasteiger partial charge in [0.1, 0.15) is 6.33 Å². The van der Waals surface area contributed by atoms with Gasteiger partial charge < -0.3 is 0 Å². The molecule has 0 spiro atoms. The van der Waals surface area contributed by atoms with Gasteiger partial charge in [-0.3, -0.25) is 23.7 Å². The molecule has 0 saturated heterocycles. The number of halogens is 5. The molecular weight excluding hydrogens is 570 g/mol. The summed E-state index contributed by atoms with van der Waals surface area (Å²) in [4.78, 5) is 31.4. The van der Waals surface area contributed by atoms with Crippen LogP contribution in [0.25, 0.3) is 32.9 Å². The quantitative estimate of drug-likeness (QED) is 0.296. The van der Waals surface area contributed by atoms with E-state index in [1.54, 1.807) is 25.4 Å². The van der Waals surface area contributed by atoms with E-state index in [1.165, 1.54) is 23.1 Å². The number of nitrogens with one attached hydrogen (secondary N) is 1. The molecule has 40 heavy (non-hydrogen) atoms. The number of rotatable bonds is 5. The van der Waals surface area contributed by atoms with Gasteiger partial charge in [-0.05, 0) is 47.5 Å². The van der Waals surface area contributed by atoms with Crippen LogP contribution in [-0.2, 0) is 20.1 Å². The first-order valence-corrected chi connectivity index (χ1v) is 12.4. The Bertz CT molecular complexity index is 2080. The van der Waals surface area contributed by atoms with Gasteiger partial charge in [0.15, 0.2) is 23.3 Å². The molecule has 9 nitrogen and oxygen atoms in total. The monoisotopic (exact) mass is 585 g/mol. The number of hydrogen-bond donors (Lipinski definition) is 1. The third-order valence-corrected chi connectivity index (χ3v) is 7.06. The lowest BCUT2D eigenvalue weighted by Gasteiger charge is -2.16. The molecule has 0 aliphatic heterocycles. The predicted octanol–water partition coefficient (Wildman–Crippen LogP) is 4.66. The van der Waals surface area contributed by atoms with Gasteiger partial charge in [0, 0.05) is 18.0 Å². The summed E-state index contributed by atoms with van der Waals surface area (Å²) < 4.78 is 45.2. The summed E-state index contributed by atoms with van der Waals surface area (Å²) in [5.41, 5.74) is 0.200. The molecule has 0 saturated carbocycles. The van der Waals surface area contributed by atoms with Crippen LogP contribution in [0.4, 0.5) is 13.2 Å². The highest BCUT2D eigenvalue weighted by molar-refractivity contribution is 6.36. The summed E-state index contributed by atoms with van der Waals surface area (Å²) in [6.07, 6.45) is 3.01. The van der Waals surface area contributed by atoms with Crippen molar-refractivity contribution in [1.29, 1.82) is 0 Å². The van der Waals surface area contributed by atoms with Crippen LogP contribution < -0.4 is 11.2 Å². The Morgan fingerprint density at radius 1 is 0.925 bits per heavy atom. The van der Waals surface area contributed by atoms with Crippen LogP contribution in [0.15, 0.2) is 58.5 Å². The molecule has 0 aliphatic carbocycles. The van der Waals surface area contributed by atoms with Gasteiger partial charge >= 0.3 is 5.69 Å². The zero-order valence-corrected chi connectivity index (χ0v) is 21.9. The lowest BCUT2D eigenvalue weighted by molar-refractivity contribution is 0.444. The molecule has 14 heteroatoms. The molecule has 0 fully saturated rings. The molecule has 6 aromatic rings. The predicted molar refractivity (Wildman–Crippen MR) is 143 cm³/mol. The first kappa shape index (κ1) is 25.8. The first-order valence-electron chi connectivity index (χ1n) is 11.7. The van der Waals surface area contributed by atoms with E-state index in [4.69, 9.17) is 23.2 Å². The third kappa shape index (κ3) is 4.34. The van der Waals surface area contributed by atoms with Crippen molar-refractivity contribution in [3.05, 3.63) is 109 Å². The van der Waals surface area contributed by atoms with Crippen molar-refractivity contribution >= 4 is 45.0 Å². The standard InChI is InChI=1S/C26H16Cl2F3N7O2/c1-36-11-32-22(35-36)10-38-25(39)23-17(28)5-13(15-4-14-8-33-34-20(14)7-16(15)27)6-21(23)37(26(38)40)9-12-2-18(29)24(31)19(30)3-12/h2-8,11H,9-10H2,1H3,(H,33,34). The minimum atomic E-state index is -1.64. The minimum absolute atomic E-state index is 0.00815. The number of aromatic nitrogens is 7. The summed E-state index contributed by atoms with van der Waals surface area (Å²) in [7, 11) is 1.62. The molecule has 0 unspecified atom stereocenters. The van der Waals surface area contributed by atoms with Crippen LogP contribution in [0.3, 0.4) is 0 Å². The average Bonchev–Trinajstić information content (AvgIpc) is 3.54. The van der Waals surface area contributed by atoms with Crippen LogP contribution >= 0.6 is 23.2 Å². The molecule has 0 amide bonds. The first-order chi connectivity index (χ1) is 19.1. The number of H-pyrrole nitrogens is 1. The summed E-state index contributed by atoms with van der Waals surface area (Å²) in [6, 6.07) is 8.07. The Labute approximate surface area is 232 Å². The fourth-order valence-corrected chi connectivity index (χ4v) is 5.17. The average molecular weight is 586 g/mol. The molecule has 0 atom stereocenters. The van der Waals surface area contributed by atoms with Crippen LogP contribution in [0.5, 0.6) is 0 Å². The maximum atomic E-state index is 14.1. The maximum Gasteiger partial charge on any atom is 0.332 e. The van der Waals surface area contributed by atoms with Crippen molar-refractivity contribution in [2.24, 2.45) is 7.05 Å². The van der Waals surface area contributed by atoms with Gasteiger partial charge in [0.05, 0.1) is 45.8 Å². The summed E-state index contributed by atoms with van der Waals surface area (Å²) in [5.74, 6) is -4.30. The van der Waals surface area contributed by atoms with Crippen LogP contribution in [0.2, 0.25) is 10.0 Å². The number of fused-ring (bicyclic) bond motifs is 2. The third-order valence-electron chi connectivity index (χ3n) is 6.45. The minimum Gasteiger partial charge on any atom is -0.289 e. The molecule has 0 radical (unpaired) electrons. The fourth-order valence-electron chi connectivity index (χ4n) is 4.60. The van der Waals surface area contributed by atoms with Crippen molar-refractivity contribution in [2.45, 2.75) is 13.1 Å². The normalized spacial score (nSPS) is 11.7. The number of aryl methyl sites for hydroxylation is 1. The number of benzene rings is 3. The second-order valence-electron chi connectivity index (χ2n) is 9.11. The smallest absolute Gasteiger partial charge is 0.289 e. The van der Waals surface area contributed by atoms with E-state index in [0.29, 0.717) is 21.7 Å². The fraction of sp³-hybridized carbons (Fsp3) is 0.115. The van der Waals surface area contributed by atoms with Crippen molar-refractivity contribution in [3.8, 4) is 11.1 Å². The largest absolute Gasteiger partial charge is 0.332 e. The molecule has 202 valence electrons. The zero-order chi connectivity index (χ0) is 28.3. The Hall–Kier alpha value is -4.42. The molecule has 6 rings (SSSR count). The topological polar surface area (TPSA) is 103 Å². The Kier molecular flexibility index (Phi) is 6.23. The number of hydrogen-bond acceptors (Lipinski definition) is 5. The maximum absolute atomic E-state index is 14.1. The molecule has 3 aromatic heterocycles. The molecule has 3 aromatic carbocycles. The van der Waals surface area contributed by atoms with Crippen LogP contribution in [0.1, 0.15) is 11.4 Å². The van der Waals surface area contributed by atoms with Crippen molar-refractivity contribution in [2.75, 3.05) is 0 Å². The van der Waals surface area contributed by atoms with Crippen molar-refractivity contribution < 1.29 is 13.2 Å². The van der Waals surface area contributed by atoms with Gasteiger partial charge in [0.2, 0.25) is 0 Å². The van der Waals surface area contributed by atoms with Crippen LogP contribution in [0, 0.1) is 17.5 Å². The summed E-state index contributed by atoms with van der Waals surface area (Å²) in [5, 5.41) is 12.0. The Morgan fingerprint density at radius 2 is 1.68 bits per heavy atom. The summed E-state index contributed by atoms with van der Waals surface area (Å²) >= 11 is 13.2. The number of aromatic amines is 1. The number of nitrogens with zero attached hydrogens (tertiary/aromatic N) is 6. The van der Waals surface area contributed by atoms with Crippen LogP contribution in [-0.4, -0.2) is 34.1 Å². The van der Waals surface area contributed by atoms with Gasteiger partial charge in [0.25, 0.3) is 5.56 Å². The lowest BCUT2D eigenvalue weighted by Crippen LogP contribution is -2.41. The SMILES string of the molecule is Cn1cnc(Cn2c(=O)c3c(Cl)cc(-c4cc5cn[nH]c5cc4Cl)cc3n(Cc3cc(F)c(F)c(F)c3)c2=O)n1. The van der Waals surface area contributed by atoms with E-state index in [0.717, 1.165) is 26.7 Å². The second-order valence-corrected chi connectivity index (χ2v) is 9.92.